The number of amides is 2. The highest BCUT2D eigenvalue weighted by atomic mass is 35.5. The van der Waals surface area contributed by atoms with E-state index in [1.807, 2.05) is 88.4 Å². The Labute approximate surface area is 226 Å². The second kappa shape index (κ2) is 10.2. The van der Waals surface area contributed by atoms with Crippen molar-refractivity contribution in [3.63, 3.8) is 0 Å². The van der Waals surface area contributed by atoms with Crippen molar-refractivity contribution in [1.82, 2.24) is 9.78 Å². The molecule has 0 radical (unpaired) electrons. The van der Waals surface area contributed by atoms with Crippen molar-refractivity contribution in [3.05, 3.63) is 117 Å². The highest BCUT2D eigenvalue weighted by Crippen LogP contribution is 2.40. The molecule has 192 valence electrons. The molecule has 0 spiro atoms. The van der Waals surface area contributed by atoms with Crippen LogP contribution in [0.2, 0.25) is 5.02 Å². The second-order valence-electron chi connectivity index (χ2n) is 9.54. The van der Waals surface area contributed by atoms with E-state index < -0.39 is 6.04 Å². The van der Waals surface area contributed by atoms with E-state index in [2.05, 4.69) is 21.0 Å². The Morgan fingerprint density at radius 3 is 2.39 bits per heavy atom. The number of carbonyl (C=O) groups excluding carboxylic acids is 2. The number of nitrogens with one attached hydrogen (secondary N) is 3. The summed E-state index contributed by atoms with van der Waals surface area (Å²) in [6.07, 6.45) is 1.51. The third-order valence-corrected chi connectivity index (χ3v) is 6.96. The number of nitrogens with zero attached hydrogens (tertiary/aromatic N) is 2. The highest BCUT2D eigenvalue weighted by molar-refractivity contribution is 6.31. The van der Waals surface area contributed by atoms with E-state index in [0.29, 0.717) is 38.9 Å². The lowest BCUT2D eigenvalue weighted by Crippen LogP contribution is -2.32. The average molecular weight is 526 g/mol. The molecule has 1 aliphatic heterocycles. The third-order valence-electron chi connectivity index (χ3n) is 6.62. The maximum atomic E-state index is 13.8. The molecule has 0 fully saturated rings. The van der Waals surface area contributed by atoms with Crippen LogP contribution >= 0.6 is 11.6 Å². The molecule has 38 heavy (non-hydrogen) atoms. The fourth-order valence-corrected chi connectivity index (χ4v) is 5.00. The minimum Gasteiger partial charge on any atom is -0.343 e. The minimum atomic E-state index is -0.647. The van der Waals surface area contributed by atoms with E-state index in [1.165, 1.54) is 6.20 Å². The number of hydrogen-bond donors (Lipinski definition) is 3. The Kier molecular flexibility index (Phi) is 6.78. The zero-order valence-electron chi connectivity index (χ0n) is 21.6. The van der Waals surface area contributed by atoms with Gasteiger partial charge in [0.1, 0.15) is 17.4 Å². The first-order valence-electron chi connectivity index (χ1n) is 12.3. The quantitative estimate of drug-likeness (QED) is 0.272. The minimum absolute atomic E-state index is 0.279. The van der Waals surface area contributed by atoms with Crippen molar-refractivity contribution in [2.24, 2.45) is 0 Å². The highest BCUT2D eigenvalue weighted by Gasteiger charge is 2.36. The molecule has 2 amide bonds. The predicted octanol–water partition coefficient (Wildman–Crippen LogP) is 6.64. The molecule has 1 aromatic heterocycles. The van der Waals surface area contributed by atoms with Crippen LogP contribution in [0.5, 0.6) is 0 Å². The van der Waals surface area contributed by atoms with Gasteiger partial charge in [-0.3, -0.25) is 9.59 Å². The summed E-state index contributed by atoms with van der Waals surface area (Å²) in [5.74, 6) is -0.0994. The molecule has 3 aromatic carbocycles. The number of anilines is 3. The van der Waals surface area contributed by atoms with Gasteiger partial charge in [0.2, 0.25) is 0 Å². The van der Waals surface area contributed by atoms with Gasteiger partial charge in [0, 0.05) is 27.7 Å². The lowest BCUT2D eigenvalue weighted by Gasteiger charge is -2.30. The van der Waals surface area contributed by atoms with Gasteiger partial charge in [-0.05, 0) is 63.1 Å². The van der Waals surface area contributed by atoms with Gasteiger partial charge in [-0.25, -0.2) is 4.68 Å². The van der Waals surface area contributed by atoms with Crippen molar-refractivity contribution in [3.8, 4) is 0 Å². The Bertz CT molecular complexity index is 1600. The van der Waals surface area contributed by atoms with E-state index in [-0.39, 0.29) is 11.8 Å². The average Bonchev–Trinajstić information content (AvgIpc) is 3.29. The number of carbonyl (C=O) groups is 2. The number of fused-ring (bicyclic) bond motifs is 1. The van der Waals surface area contributed by atoms with Crippen LogP contribution in [0, 0.1) is 20.8 Å². The number of allylic oxidation sites excluding steroid dienone is 1. The topological polar surface area (TPSA) is 88.0 Å². The van der Waals surface area contributed by atoms with Crippen molar-refractivity contribution >= 4 is 40.6 Å². The SMILES string of the molecule is CC1=C(C(=O)Nc2ccc(C)cc2C)[C@@H](c2ccccc2Cl)n2ncc(C(=O)Nc3cccc(C)c3)c2N1. The van der Waals surface area contributed by atoms with Crippen LogP contribution in [0.4, 0.5) is 17.2 Å². The molecular formula is C30H28ClN5O2. The van der Waals surface area contributed by atoms with Crippen LogP contribution in [-0.4, -0.2) is 21.6 Å². The molecule has 1 aliphatic rings. The summed E-state index contributed by atoms with van der Waals surface area (Å²) in [7, 11) is 0. The molecule has 8 heteroatoms. The summed E-state index contributed by atoms with van der Waals surface area (Å²) < 4.78 is 1.65. The van der Waals surface area contributed by atoms with E-state index in [1.54, 1.807) is 10.7 Å². The molecule has 5 rings (SSSR count). The maximum absolute atomic E-state index is 13.8. The monoisotopic (exact) mass is 525 g/mol. The molecule has 0 bridgehead atoms. The maximum Gasteiger partial charge on any atom is 0.261 e. The third kappa shape index (κ3) is 4.80. The van der Waals surface area contributed by atoms with Gasteiger partial charge in [0.25, 0.3) is 11.8 Å². The smallest absolute Gasteiger partial charge is 0.261 e. The first-order chi connectivity index (χ1) is 18.2. The predicted molar refractivity (Wildman–Crippen MR) is 152 cm³/mol. The van der Waals surface area contributed by atoms with Gasteiger partial charge in [0.15, 0.2) is 0 Å². The lowest BCUT2D eigenvalue weighted by atomic mass is 9.94. The number of aryl methyl sites for hydroxylation is 3. The van der Waals surface area contributed by atoms with E-state index in [0.717, 1.165) is 22.4 Å². The largest absolute Gasteiger partial charge is 0.343 e. The standard InChI is InChI=1S/C30H28ClN5O2/c1-17-8-7-9-21(15-17)34-29(37)23-16-32-36-27(22-10-5-6-11-24(22)31)26(20(4)33-28(23)36)30(38)35-25-13-12-18(2)14-19(25)3/h5-16,27,33H,1-4H3,(H,34,37)(H,35,38)/t27-/m1/s1. The number of hydrogen-bond acceptors (Lipinski definition) is 4. The Morgan fingerprint density at radius 2 is 1.66 bits per heavy atom. The summed E-state index contributed by atoms with van der Waals surface area (Å²) in [5.41, 5.74) is 6.65. The van der Waals surface area contributed by atoms with E-state index in [4.69, 9.17) is 11.6 Å². The van der Waals surface area contributed by atoms with Crippen molar-refractivity contribution in [2.75, 3.05) is 16.0 Å². The van der Waals surface area contributed by atoms with Crippen LogP contribution in [0.25, 0.3) is 0 Å². The zero-order valence-corrected chi connectivity index (χ0v) is 22.4. The van der Waals surface area contributed by atoms with Crippen molar-refractivity contribution < 1.29 is 9.59 Å². The van der Waals surface area contributed by atoms with Crippen LogP contribution in [0.3, 0.4) is 0 Å². The molecule has 0 saturated carbocycles. The van der Waals surface area contributed by atoms with Crippen LogP contribution in [-0.2, 0) is 4.79 Å². The van der Waals surface area contributed by atoms with Gasteiger partial charge in [-0.15, -0.1) is 0 Å². The molecule has 1 atom stereocenters. The number of rotatable bonds is 5. The van der Waals surface area contributed by atoms with Gasteiger partial charge >= 0.3 is 0 Å². The molecule has 0 aliphatic carbocycles. The van der Waals surface area contributed by atoms with E-state index >= 15 is 0 Å². The number of aromatic nitrogens is 2. The van der Waals surface area contributed by atoms with Gasteiger partial charge in [0.05, 0.1) is 11.8 Å². The van der Waals surface area contributed by atoms with Crippen LogP contribution < -0.4 is 16.0 Å². The number of halogens is 1. The Hall–Kier alpha value is -4.36. The summed E-state index contributed by atoms with van der Waals surface area (Å²) >= 11 is 6.64. The molecule has 0 saturated heterocycles. The molecule has 4 aromatic rings. The van der Waals surface area contributed by atoms with Gasteiger partial charge in [-0.2, -0.15) is 5.10 Å². The van der Waals surface area contributed by atoms with Crippen molar-refractivity contribution in [2.45, 2.75) is 33.7 Å². The van der Waals surface area contributed by atoms with Crippen LogP contribution in [0.1, 0.15) is 45.6 Å². The fourth-order valence-electron chi connectivity index (χ4n) is 4.76. The molecular weight excluding hydrogens is 498 g/mol. The normalized spacial score (nSPS) is 14.5. The second-order valence-corrected chi connectivity index (χ2v) is 9.94. The summed E-state index contributed by atoms with van der Waals surface area (Å²) in [6.45, 7) is 7.75. The number of benzene rings is 3. The fraction of sp³-hybridized carbons (Fsp3) is 0.167. The first-order valence-corrected chi connectivity index (χ1v) is 12.7. The summed E-state index contributed by atoms with van der Waals surface area (Å²) in [4.78, 5) is 27.0. The summed E-state index contributed by atoms with van der Waals surface area (Å²) in [6, 6.07) is 20.2. The van der Waals surface area contributed by atoms with Crippen molar-refractivity contribution in [1.29, 1.82) is 0 Å². The molecule has 2 heterocycles. The first kappa shape index (κ1) is 25.3. The molecule has 3 N–H and O–H groups in total. The van der Waals surface area contributed by atoms with Crippen LogP contribution in [0.15, 0.2) is 84.2 Å². The van der Waals surface area contributed by atoms with Gasteiger partial charge < -0.3 is 16.0 Å². The molecule has 0 unspecified atom stereocenters. The van der Waals surface area contributed by atoms with E-state index in [9.17, 15) is 9.59 Å². The lowest BCUT2D eigenvalue weighted by molar-refractivity contribution is -0.113. The molecule has 7 nitrogen and oxygen atoms in total. The summed E-state index contributed by atoms with van der Waals surface area (Å²) in [5, 5.41) is 14.3. The van der Waals surface area contributed by atoms with Gasteiger partial charge in [-0.1, -0.05) is 59.6 Å². The Morgan fingerprint density at radius 1 is 0.895 bits per heavy atom. The Balaban J connectivity index is 1.56. The zero-order chi connectivity index (χ0) is 27.0.